The van der Waals surface area contributed by atoms with Crippen LogP contribution in [0.1, 0.15) is 109 Å². The number of para-hydroxylation sites is 1. The number of amides is 4. The van der Waals surface area contributed by atoms with Gasteiger partial charge in [0.25, 0.3) is 5.91 Å². The van der Waals surface area contributed by atoms with Crippen molar-refractivity contribution in [3.8, 4) is 11.6 Å². The van der Waals surface area contributed by atoms with E-state index in [-0.39, 0.29) is 37.3 Å². The van der Waals surface area contributed by atoms with Crippen LogP contribution < -0.4 is 24.8 Å². The zero-order valence-corrected chi connectivity index (χ0v) is 37.9. The predicted octanol–water partition coefficient (Wildman–Crippen LogP) is 5.46. The third kappa shape index (κ3) is 9.10. The molecule has 1 aromatic heterocycles. The van der Waals surface area contributed by atoms with E-state index in [1.54, 1.807) is 13.0 Å². The van der Waals surface area contributed by atoms with Crippen LogP contribution in [-0.4, -0.2) is 114 Å². The SMILES string of the molecule is C=CC1C[C@]1(NC(=O)[C@@H]1C[C@@H]2CN1C(=O)[C@H](C1CCCC1)NC(=O)O[C@@H]1CCC[C@H]1CC/C=C/Cc1c(nc3ccccc3c1OCCCN1CCC1)O2)C(=O)NS(=O)(=O)C1(C)CC1. The minimum atomic E-state index is -4.01. The van der Waals surface area contributed by atoms with Crippen LogP contribution in [0.2, 0.25) is 0 Å². The van der Waals surface area contributed by atoms with Gasteiger partial charge < -0.3 is 34.6 Å². The standard InChI is InChI=1S/C48H64N6O9S/c1-3-33-29-48(33,45(57)52-64(59,60)47(2)22-23-47)51-42(55)38-28-34-30-54(38)44(56)40(32-15-7-8-16-32)50-46(58)63-39-21-11-17-31(39)14-5-4-6-19-36-41(61-27-13-26-53-24-12-25-53)35-18-9-10-20-37(35)49-43(36)62-34/h3-4,6,9-10,18,20,31-34,38-40H,1,5,7-8,11-17,19,21-30H2,2H3,(H,50,58)(H,51,55)(H,52,57)/b6-4+/t31-,33?,34-,38+,39-,40+,48-/m1/s1. The zero-order valence-electron chi connectivity index (χ0n) is 37.1. The van der Waals surface area contributed by atoms with Crippen LogP contribution in [0.15, 0.2) is 49.1 Å². The van der Waals surface area contributed by atoms with Gasteiger partial charge in [-0.1, -0.05) is 43.2 Å². The number of carbonyl (C=O) groups is 4. The quantitative estimate of drug-likeness (QED) is 0.182. The van der Waals surface area contributed by atoms with Crippen LogP contribution in [-0.2, 0) is 35.6 Å². The van der Waals surface area contributed by atoms with Crippen molar-refractivity contribution in [2.24, 2.45) is 17.8 Å². The summed E-state index contributed by atoms with van der Waals surface area (Å²) in [5, 5.41) is 6.75. The van der Waals surface area contributed by atoms with Gasteiger partial charge in [0.2, 0.25) is 27.7 Å². The number of aromatic nitrogens is 1. The number of fused-ring (bicyclic) bond motifs is 5. The van der Waals surface area contributed by atoms with Gasteiger partial charge in [-0.2, -0.15) is 0 Å². The van der Waals surface area contributed by atoms with E-state index in [0.29, 0.717) is 43.0 Å². The smallest absolute Gasteiger partial charge is 0.408 e. The number of pyridine rings is 1. The van der Waals surface area contributed by atoms with Crippen molar-refractivity contribution in [3.63, 3.8) is 0 Å². The van der Waals surface area contributed by atoms with Gasteiger partial charge in [-0.3, -0.25) is 19.1 Å². The number of ether oxygens (including phenoxy) is 3. The monoisotopic (exact) mass is 900 g/mol. The van der Waals surface area contributed by atoms with E-state index in [0.717, 1.165) is 94.8 Å². The highest BCUT2D eigenvalue weighted by molar-refractivity contribution is 7.91. The molecule has 7 aliphatic rings. The summed E-state index contributed by atoms with van der Waals surface area (Å²) in [6.45, 7) is 9.13. The van der Waals surface area contributed by atoms with Crippen LogP contribution in [0.25, 0.3) is 10.9 Å². The molecule has 2 saturated heterocycles. The molecule has 16 heteroatoms. The highest BCUT2D eigenvalue weighted by Gasteiger charge is 2.63. The highest BCUT2D eigenvalue weighted by atomic mass is 32.2. The zero-order chi connectivity index (χ0) is 44.6. The maximum absolute atomic E-state index is 15.1. The van der Waals surface area contributed by atoms with Crippen LogP contribution >= 0.6 is 0 Å². The van der Waals surface area contributed by atoms with Gasteiger partial charge >= 0.3 is 6.09 Å². The fraction of sp³-hybridized carbons (Fsp3) is 0.646. The first-order valence-electron chi connectivity index (χ1n) is 23.8. The summed E-state index contributed by atoms with van der Waals surface area (Å²) in [5.41, 5.74) is -0.103. The molecule has 0 radical (unpaired) electrons. The van der Waals surface area contributed by atoms with E-state index in [2.05, 4.69) is 39.0 Å². The average Bonchev–Trinajstić information content (AvgIpc) is 3.88. The van der Waals surface area contributed by atoms with Gasteiger partial charge in [0.1, 0.15) is 35.6 Å². The maximum atomic E-state index is 15.1. The molecule has 7 atom stereocenters. The molecule has 3 aliphatic heterocycles. The van der Waals surface area contributed by atoms with Crippen molar-refractivity contribution in [2.45, 2.75) is 144 Å². The van der Waals surface area contributed by atoms with Crippen molar-refractivity contribution < 1.29 is 41.8 Å². The van der Waals surface area contributed by atoms with E-state index in [1.165, 1.54) is 11.3 Å². The molecule has 3 N–H and O–H groups in total. The summed E-state index contributed by atoms with van der Waals surface area (Å²) in [4.78, 5) is 66.5. The molecular weight excluding hydrogens is 837 g/mol. The minimum Gasteiger partial charge on any atom is -0.492 e. The van der Waals surface area contributed by atoms with E-state index in [4.69, 9.17) is 19.2 Å². The Hall–Kier alpha value is -4.70. The Morgan fingerprint density at radius 3 is 2.53 bits per heavy atom. The molecule has 4 aliphatic carbocycles. The van der Waals surface area contributed by atoms with Crippen molar-refractivity contribution >= 4 is 44.7 Å². The topological polar surface area (TPSA) is 186 Å². The summed E-state index contributed by atoms with van der Waals surface area (Å²) in [6.07, 6.45) is 15.3. The van der Waals surface area contributed by atoms with Gasteiger partial charge in [0.15, 0.2) is 0 Å². The maximum Gasteiger partial charge on any atom is 0.408 e. The van der Waals surface area contributed by atoms with Gasteiger partial charge in [-0.05, 0) is 127 Å². The molecular formula is C48H64N6O9S. The molecule has 4 saturated carbocycles. The van der Waals surface area contributed by atoms with Gasteiger partial charge in [-0.25, -0.2) is 18.2 Å². The Morgan fingerprint density at radius 1 is 1.02 bits per heavy atom. The lowest BCUT2D eigenvalue weighted by Crippen LogP contribution is -2.59. The molecule has 1 unspecified atom stereocenters. The molecule has 1 aromatic carbocycles. The first-order valence-corrected chi connectivity index (χ1v) is 25.2. The van der Waals surface area contributed by atoms with Crippen LogP contribution in [0.4, 0.5) is 4.79 Å². The molecule has 2 bridgehead atoms. The van der Waals surface area contributed by atoms with Crippen molar-refractivity contribution in [2.75, 3.05) is 32.8 Å². The number of hydrogen-bond donors (Lipinski definition) is 3. The summed E-state index contributed by atoms with van der Waals surface area (Å²) in [5.74, 6) is -1.34. The first-order chi connectivity index (χ1) is 30.9. The fourth-order valence-corrected chi connectivity index (χ4v) is 11.9. The number of hydrogen-bond acceptors (Lipinski definition) is 11. The van der Waals surface area contributed by atoms with E-state index in [9.17, 15) is 22.8 Å². The number of nitrogens with zero attached hydrogens (tertiary/aromatic N) is 3. The Labute approximate surface area is 376 Å². The number of alkyl carbamates (subject to hydrolysis) is 1. The van der Waals surface area contributed by atoms with Crippen LogP contribution in [0.3, 0.4) is 0 Å². The predicted molar refractivity (Wildman–Crippen MR) is 240 cm³/mol. The molecule has 64 heavy (non-hydrogen) atoms. The van der Waals surface area contributed by atoms with Crippen LogP contribution in [0.5, 0.6) is 11.6 Å². The largest absolute Gasteiger partial charge is 0.492 e. The molecule has 2 aromatic rings. The second-order valence-electron chi connectivity index (χ2n) is 19.6. The lowest BCUT2D eigenvalue weighted by molar-refractivity contribution is -0.142. The number of likely N-dealkylation sites (tertiary alicyclic amines) is 1. The minimum absolute atomic E-state index is 0.00576. The lowest BCUT2D eigenvalue weighted by Gasteiger charge is -2.32. The average molecular weight is 901 g/mol. The number of nitrogens with one attached hydrogen (secondary N) is 3. The van der Waals surface area contributed by atoms with E-state index >= 15 is 4.79 Å². The number of benzene rings is 1. The fourth-order valence-electron chi connectivity index (χ4n) is 10.6. The Balaban J connectivity index is 1.06. The van der Waals surface area contributed by atoms with Crippen molar-refractivity contribution in [1.29, 1.82) is 0 Å². The molecule has 6 fully saturated rings. The molecule has 9 rings (SSSR count). The molecule has 346 valence electrons. The summed E-state index contributed by atoms with van der Waals surface area (Å²) >= 11 is 0. The first kappa shape index (κ1) is 44.5. The Kier molecular flexibility index (Phi) is 12.7. The molecule has 4 amide bonds. The Bertz CT molecular complexity index is 2270. The van der Waals surface area contributed by atoms with Crippen LogP contribution in [0, 0.1) is 17.8 Å². The summed E-state index contributed by atoms with van der Waals surface area (Å²) in [7, 11) is -4.01. The molecule has 0 spiro atoms. The second kappa shape index (κ2) is 18.3. The second-order valence-corrected chi connectivity index (χ2v) is 21.8. The molecule has 4 heterocycles. The van der Waals surface area contributed by atoms with E-state index in [1.807, 2.05) is 24.3 Å². The third-order valence-electron chi connectivity index (χ3n) is 15.2. The molecule has 15 nitrogen and oxygen atoms in total. The Morgan fingerprint density at radius 2 is 1.80 bits per heavy atom. The number of allylic oxidation sites excluding steroid dienone is 2. The van der Waals surface area contributed by atoms with Gasteiger partial charge in [0, 0.05) is 24.3 Å². The highest BCUT2D eigenvalue weighted by Crippen LogP contribution is 2.47. The number of sulfonamides is 1. The van der Waals surface area contributed by atoms with Gasteiger partial charge in [0.05, 0.1) is 29.0 Å². The van der Waals surface area contributed by atoms with Crippen molar-refractivity contribution in [1.82, 2.24) is 30.1 Å². The lowest BCUT2D eigenvalue weighted by atomic mass is 9.96. The van der Waals surface area contributed by atoms with Crippen molar-refractivity contribution in [3.05, 3.63) is 54.6 Å². The van der Waals surface area contributed by atoms with Gasteiger partial charge in [-0.15, -0.1) is 6.58 Å². The summed E-state index contributed by atoms with van der Waals surface area (Å²) in [6, 6.07) is 5.72. The third-order valence-corrected chi connectivity index (χ3v) is 17.3. The van der Waals surface area contributed by atoms with E-state index < -0.39 is 68.2 Å². The summed E-state index contributed by atoms with van der Waals surface area (Å²) < 4.78 is 47.3. The number of carbonyl (C=O) groups excluding carboxylic acids is 4. The number of rotatable bonds is 12. The normalized spacial score (nSPS) is 31.2.